The molecular formula is C19H21F3N2O3S. The Labute approximate surface area is 162 Å². The maximum absolute atomic E-state index is 12.8. The predicted octanol–water partition coefficient (Wildman–Crippen LogP) is 3.40. The molecule has 28 heavy (non-hydrogen) atoms. The Bertz CT molecular complexity index is 973. The lowest BCUT2D eigenvalue weighted by Gasteiger charge is -2.24. The second kappa shape index (κ2) is 8.22. The Morgan fingerprint density at radius 1 is 1.11 bits per heavy atom. The smallest absolute Gasteiger partial charge is 0.350 e. The van der Waals surface area contributed by atoms with Crippen molar-refractivity contribution in [1.29, 1.82) is 0 Å². The van der Waals surface area contributed by atoms with Crippen molar-refractivity contribution in [3.05, 3.63) is 64.7 Å². The van der Waals surface area contributed by atoms with Crippen LogP contribution in [0, 0.1) is 13.8 Å². The van der Waals surface area contributed by atoms with E-state index in [0.717, 1.165) is 33.8 Å². The first-order valence-corrected chi connectivity index (χ1v) is 10.2. The van der Waals surface area contributed by atoms with E-state index in [-0.39, 0.29) is 12.1 Å². The molecule has 152 valence electrons. The number of carbonyl (C=O) groups excluding carboxylic acids is 1. The normalized spacial score (nSPS) is 11.9. The van der Waals surface area contributed by atoms with E-state index in [4.69, 9.17) is 0 Å². The molecule has 2 rings (SSSR count). The van der Waals surface area contributed by atoms with E-state index in [0.29, 0.717) is 5.69 Å². The summed E-state index contributed by atoms with van der Waals surface area (Å²) in [5.74, 6) is -0.622. The van der Waals surface area contributed by atoms with Gasteiger partial charge in [-0.25, -0.2) is 8.42 Å². The fraction of sp³-hybridized carbons (Fsp3) is 0.316. The summed E-state index contributed by atoms with van der Waals surface area (Å²) in [6.07, 6.45) is -3.48. The van der Waals surface area contributed by atoms with Crippen LogP contribution in [0.5, 0.6) is 0 Å². The van der Waals surface area contributed by atoms with Crippen LogP contribution in [0.15, 0.2) is 42.5 Å². The van der Waals surface area contributed by atoms with Gasteiger partial charge in [0, 0.05) is 6.54 Å². The zero-order valence-electron chi connectivity index (χ0n) is 15.7. The number of hydrogen-bond donors (Lipinski definition) is 1. The largest absolute Gasteiger partial charge is 0.416 e. The van der Waals surface area contributed by atoms with Crippen molar-refractivity contribution in [2.45, 2.75) is 26.6 Å². The highest BCUT2D eigenvalue weighted by Gasteiger charge is 2.30. The molecule has 9 heteroatoms. The van der Waals surface area contributed by atoms with Crippen LogP contribution in [0.3, 0.4) is 0 Å². The molecule has 1 amide bonds. The number of carbonyl (C=O) groups is 1. The average Bonchev–Trinajstić information content (AvgIpc) is 2.59. The summed E-state index contributed by atoms with van der Waals surface area (Å²) in [4.78, 5) is 12.3. The topological polar surface area (TPSA) is 66.5 Å². The van der Waals surface area contributed by atoms with Gasteiger partial charge in [-0.15, -0.1) is 0 Å². The fourth-order valence-electron chi connectivity index (χ4n) is 2.63. The number of hydrogen-bond acceptors (Lipinski definition) is 3. The first kappa shape index (κ1) is 21.7. The molecule has 0 bridgehead atoms. The third kappa shape index (κ3) is 5.48. The molecule has 0 aliphatic carbocycles. The molecule has 0 unspecified atom stereocenters. The van der Waals surface area contributed by atoms with Crippen LogP contribution in [-0.2, 0) is 27.5 Å². The van der Waals surface area contributed by atoms with Gasteiger partial charge in [0.05, 0.1) is 17.5 Å². The second-order valence-electron chi connectivity index (χ2n) is 6.46. The van der Waals surface area contributed by atoms with Gasteiger partial charge in [0.1, 0.15) is 6.54 Å². The Hall–Kier alpha value is -2.55. The van der Waals surface area contributed by atoms with Gasteiger partial charge >= 0.3 is 6.18 Å². The Balaban J connectivity index is 2.14. The summed E-state index contributed by atoms with van der Waals surface area (Å²) < 4.78 is 63.6. The van der Waals surface area contributed by atoms with Gasteiger partial charge in [-0.2, -0.15) is 13.2 Å². The molecule has 5 nitrogen and oxygen atoms in total. The maximum atomic E-state index is 12.8. The number of alkyl halides is 3. The van der Waals surface area contributed by atoms with Crippen molar-refractivity contribution >= 4 is 21.6 Å². The quantitative estimate of drug-likeness (QED) is 0.788. The molecule has 0 spiro atoms. The zero-order chi connectivity index (χ0) is 21.1. The minimum absolute atomic E-state index is 0.146. The van der Waals surface area contributed by atoms with Gasteiger partial charge in [-0.3, -0.25) is 9.10 Å². The molecule has 0 aliphatic heterocycles. The lowest BCUT2D eigenvalue weighted by atomic mass is 10.1. The number of anilines is 1. The van der Waals surface area contributed by atoms with Gasteiger partial charge < -0.3 is 5.32 Å². The van der Waals surface area contributed by atoms with Crippen LogP contribution >= 0.6 is 0 Å². The second-order valence-corrected chi connectivity index (χ2v) is 8.37. The van der Waals surface area contributed by atoms with Crippen LogP contribution in [0.1, 0.15) is 22.3 Å². The summed E-state index contributed by atoms with van der Waals surface area (Å²) in [7, 11) is -3.74. The molecule has 0 radical (unpaired) electrons. The van der Waals surface area contributed by atoms with Crippen LogP contribution in [-0.4, -0.2) is 27.1 Å². The van der Waals surface area contributed by atoms with E-state index in [2.05, 4.69) is 5.32 Å². The van der Waals surface area contributed by atoms with Crippen molar-refractivity contribution in [3.63, 3.8) is 0 Å². The highest BCUT2D eigenvalue weighted by atomic mass is 32.2. The van der Waals surface area contributed by atoms with Crippen LogP contribution < -0.4 is 9.62 Å². The Kier molecular flexibility index (Phi) is 6.38. The molecular weight excluding hydrogens is 393 g/mol. The van der Waals surface area contributed by atoms with Crippen molar-refractivity contribution in [1.82, 2.24) is 5.32 Å². The van der Waals surface area contributed by atoms with E-state index in [9.17, 15) is 26.4 Å². The number of benzene rings is 2. The molecule has 0 heterocycles. The Morgan fingerprint density at radius 3 is 2.36 bits per heavy atom. The molecule has 0 aromatic heterocycles. The lowest BCUT2D eigenvalue weighted by Crippen LogP contribution is -2.40. The number of aryl methyl sites for hydroxylation is 1. The Morgan fingerprint density at radius 2 is 1.75 bits per heavy atom. The minimum atomic E-state index is -4.48. The summed E-state index contributed by atoms with van der Waals surface area (Å²) in [6.45, 7) is 2.96. The first-order chi connectivity index (χ1) is 12.9. The summed E-state index contributed by atoms with van der Waals surface area (Å²) in [6, 6.07) is 9.71. The zero-order valence-corrected chi connectivity index (χ0v) is 16.5. The molecule has 0 atom stereocenters. The van der Waals surface area contributed by atoms with E-state index >= 15 is 0 Å². The fourth-order valence-corrected chi connectivity index (χ4v) is 3.54. The first-order valence-electron chi connectivity index (χ1n) is 8.36. The highest BCUT2D eigenvalue weighted by Crippen LogP contribution is 2.29. The molecule has 2 aromatic rings. The van der Waals surface area contributed by atoms with E-state index < -0.39 is 34.2 Å². The van der Waals surface area contributed by atoms with Gasteiger partial charge in [-0.1, -0.05) is 24.3 Å². The van der Waals surface area contributed by atoms with E-state index in [1.54, 1.807) is 19.1 Å². The maximum Gasteiger partial charge on any atom is 0.416 e. The summed E-state index contributed by atoms with van der Waals surface area (Å²) in [5, 5.41) is 2.47. The molecule has 2 aromatic carbocycles. The number of amides is 1. The minimum Gasteiger partial charge on any atom is -0.350 e. The molecule has 0 fully saturated rings. The van der Waals surface area contributed by atoms with Crippen molar-refractivity contribution in [2.75, 3.05) is 17.1 Å². The van der Waals surface area contributed by atoms with Crippen LogP contribution in [0.4, 0.5) is 18.9 Å². The number of halogens is 3. The van der Waals surface area contributed by atoms with Crippen LogP contribution in [0.2, 0.25) is 0 Å². The van der Waals surface area contributed by atoms with Gasteiger partial charge in [0.2, 0.25) is 15.9 Å². The number of nitrogens with one attached hydrogen (secondary N) is 1. The molecule has 0 saturated heterocycles. The van der Waals surface area contributed by atoms with Crippen LogP contribution in [0.25, 0.3) is 0 Å². The lowest BCUT2D eigenvalue weighted by molar-refractivity contribution is -0.137. The summed E-state index contributed by atoms with van der Waals surface area (Å²) in [5.41, 5.74) is 1.43. The van der Waals surface area contributed by atoms with Gasteiger partial charge in [0.15, 0.2) is 0 Å². The number of nitrogens with zero attached hydrogens (tertiary/aromatic N) is 1. The average molecular weight is 414 g/mol. The number of sulfonamides is 1. The van der Waals surface area contributed by atoms with Crippen molar-refractivity contribution in [3.8, 4) is 0 Å². The molecule has 0 saturated carbocycles. The van der Waals surface area contributed by atoms with Gasteiger partial charge in [0.25, 0.3) is 0 Å². The monoisotopic (exact) mass is 414 g/mol. The van der Waals surface area contributed by atoms with Gasteiger partial charge in [-0.05, 0) is 48.7 Å². The standard InChI is InChI=1S/C19H21F3N2O3S/c1-13-6-4-9-17(14(13)2)24(28(3,26)27)12-18(25)23-11-15-7-5-8-16(10-15)19(20,21)22/h4-10H,11-12H2,1-3H3,(H,23,25). The third-order valence-corrected chi connectivity index (χ3v) is 5.40. The predicted molar refractivity (Wildman–Crippen MR) is 101 cm³/mol. The summed E-state index contributed by atoms with van der Waals surface area (Å²) >= 11 is 0. The van der Waals surface area contributed by atoms with Crippen molar-refractivity contribution in [2.24, 2.45) is 0 Å². The molecule has 1 N–H and O–H groups in total. The third-order valence-electron chi connectivity index (χ3n) is 4.28. The van der Waals surface area contributed by atoms with Crippen molar-refractivity contribution < 1.29 is 26.4 Å². The highest BCUT2D eigenvalue weighted by molar-refractivity contribution is 7.92. The number of rotatable bonds is 6. The van der Waals surface area contributed by atoms with E-state index in [1.165, 1.54) is 12.1 Å². The van der Waals surface area contributed by atoms with E-state index in [1.807, 2.05) is 13.0 Å². The molecule has 0 aliphatic rings. The SMILES string of the molecule is Cc1cccc(N(CC(=O)NCc2cccc(C(F)(F)F)c2)S(C)(=O)=O)c1C.